The maximum atomic E-state index is 13.1. The standard InChI is InChI=1S/C20H21BrN10O3/c1-10-4-2-3-7-30(10)9-14-16(25-29-31(14)18-17(22)27-34-28-18)20(33)26-24-15-12-8-11(21)5-6-13(12)23-19(15)32/h5-6,8,10,23,32H,2-4,7,9H2,1H3,(H2,22,27). The van der Waals surface area contributed by atoms with Crippen LogP contribution in [0.4, 0.5) is 11.5 Å². The molecular weight excluding hydrogens is 508 g/mol. The van der Waals surface area contributed by atoms with Crippen LogP contribution in [0.5, 0.6) is 5.88 Å². The molecule has 0 radical (unpaired) electrons. The molecule has 1 amide bonds. The fourth-order valence-electron chi connectivity index (χ4n) is 4.08. The molecule has 1 saturated heterocycles. The van der Waals surface area contributed by atoms with Gasteiger partial charge in [-0.2, -0.15) is 4.68 Å². The number of aromatic amines is 1. The SMILES string of the molecule is CC1CCCCN1Cc1c(C(=O)N=Nc2c(O)[nH]c3ccc(Br)cc23)nnn1-c1nonc1N. The molecule has 0 aliphatic carbocycles. The molecule has 1 unspecified atom stereocenters. The van der Waals surface area contributed by atoms with Gasteiger partial charge in [-0.05, 0) is 54.8 Å². The first-order valence-corrected chi connectivity index (χ1v) is 11.4. The van der Waals surface area contributed by atoms with E-state index in [0.717, 1.165) is 30.3 Å². The van der Waals surface area contributed by atoms with Gasteiger partial charge in [0.25, 0.3) is 0 Å². The van der Waals surface area contributed by atoms with Crippen LogP contribution in [0, 0.1) is 0 Å². The molecule has 1 atom stereocenters. The Labute approximate surface area is 201 Å². The number of aromatic nitrogens is 6. The van der Waals surface area contributed by atoms with Crippen molar-refractivity contribution < 1.29 is 14.5 Å². The fraction of sp³-hybridized carbons (Fsp3) is 0.350. The highest BCUT2D eigenvalue weighted by atomic mass is 79.9. The number of azo groups is 1. The lowest BCUT2D eigenvalue weighted by atomic mass is 10.0. The van der Waals surface area contributed by atoms with E-state index in [1.54, 1.807) is 12.1 Å². The molecule has 1 fully saturated rings. The van der Waals surface area contributed by atoms with Crippen LogP contribution in [0.1, 0.15) is 42.4 Å². The number of likely N-dealkylation sites (tertiary alicyclic amines) is 1. The molecule has 5 rings (SSSR count). The van der Waals surface area contributed by atoms with Crippen molar-refractivity contribution in [1.82, 2.24) is 35.2 Å². The summed E-state index contributed by atoms with van der Waals surface area (Å²) in [4.78, 5) is 18.1. The number of carbonyl (C=O) groups excluding carboxylic acids is 1. The van der Waals surface area contributed by atoms with Crippen LogP contribution in [-0.2, 0) is 6.54 Å². The van der Waals surface area contributed by atoms with Crippen molar-refractivity contribution in [3.63, 3.8) is 0 Å². The Morgan fingerprint density at radius 3 is 3.00 bits per heavy atom. The summed E-state index contributed by atoms with van der Waals surface area (Å²) in [5.74, 6) is -0.753. The van der Waals surface area contributed by atoms with Crippen molar-refractivity contribution in [1.29, 1.82) is 0 Å². The van der Waals surface area contributed by atoms with Crippen molar-refractivity contribution in [2.75, 3.05) is 12.3 Å². The summed E-state index contributed by atoms with van der Waals surface area (Å²) < 4.78 is 6.84. The van der Waals surface area contributed by atoms with Gasteiger partial charge in [0, 0.05) is 22.4 Å². The second-order valence-corrected chi connectivity index (χ2v) is 9.02. The third kappa shape index (κ3) is 4.05. The van der Waals surface area contributed by atoms with Gasteiger partial charge in [-0.3, -0.25) is 9.69 Å². The van der Waals surface area contributed by atoms with E-state index in [-0.39, 0.29) is 28.9 Å². The van der Waals surface area contributed by atoms with E-state index in [9.17, 15) is 9.90 Å². The molecule has 13 nitrogen and oxygen atoms in total. The van der Waals surface area contributed by atoms with Gasteiger partial charge in [0.1, 0.15) is 0 Å². The number of aromatic hydroxyl groups is 1. The van der Waals surface area contributed by atoms with Crippen molar-refractivity contribution in [2.45, 2.75) is 38.8 Å². The third-order valence-electron chi connectivity index (χ3n) is 5.91. The summed E-state index contributed by atoms with van der Waals surface area (Å²) in [6.07, 6.45) is 3.26. The third-order valence-corrected chi connectivity index (χ3v) is 6.40. The maximum Gasteiger partial charge on any atom is 0.317 e. The number of fused-ring (bicyclic) bond motifs is 1. The van der Waals surface area contributed by atoms with Crippen LogP contribution in [0.2, 0.25) is 0 Å². The predicted molar refractivity (Wildman–Crippen MR) is 124 cm³/mol. The van der Waals surface area contributed by atoms with Crippen LogP contribution >= 0.6 is 15.9 Å². The highest BCUT2D eigenvalue weighted by Crippen LogP contribution is 2.37. The second-order valence-electron chi connectivity index (χ2n) is 8.10. The number of rotatable bonds is 5. The van der Waals surface area contributed by atoms with E-state index in [1.165, 1.54) is 4.68 Å². The van der Waals surface area contributed by atoms with Crippen molar-refractivity contribution in [2.24, 2.45) is 10.2 Å². The van der Waals surface area contributed by atoms with Crippen LogP contribution in [0.25, 0.3) is 16.7 Å². The summed E-state index contributed by atoms with van der Waals surface area (Å²) in [5, 5.41) is 34.2. The van der Waals surface area contributed by atoms with E-state index in [4.69, 9.17) is 10.4 Å². The van der Waals surface area contributed by atoms with E-state index in [2.05, 4.69) is 63.6 Å². The first-order valence-electron chi connectivity index (χ1n) is 10.7. The number of benzene rings is 1. The molecular formula is C20H21BrN10O3. The molecule has 4 N–H and O–H groups in total. The summed E-state index contributed by atoms with van der Waals surface area (Å²) in [5.41, 5.74) is 7.12. The van der Waals surface area contributed by atoms with Gasteiger partial charge in [-0.25, -0.2) is 4.63 Å². The summed E-state index contributed by atoms with van der Waals surface area (Å²) in [6, 6.07) is 5.68. The van der Waals surface area contributed by atoms with Crippen LogP contribution in [-0.4, -0.2) is 58.8 Å². The molecule has 4 aromatic rings. The molecule has 0 bridgehead atoms. The molecule has 0 spiro atoms. The van der Waals surface area contributed by atoms with Crippen molar-refractivity contribution in [3.8, 4) is 11.7 Å². The summed E-state index contributed by atoms with van der Waals surface area (Å²) >= 11 is 3.39. The molecule has 3 aromatic heterocycles. The van der Waals surface area contributed by atoms with Gasteiger partial charge in [0.2, 0.25) is 17.5 Å². The van der Waals surface area contributed by atoms with Crippen LogP contribution in [0.3, 0.4) is 0 Å². The van der Waals surface area contributed by atoms with E-state index < -0.39 is 5.91 Å². The number of hydrogen-bond donors (Lipinski definition) is 3. The highest BCUT2D eigenvalue weighted by molar-refractivity contribution is 9.10. The van der Waals surface area contributed by atoms with E-state index in [1.807, 2.05) is 6.07 Å². The predicted octanol–water partition coefficient (Wildman–Crippen LogP) is 3.48. The molecule has 4 heterocycles. The Morgan fingerprint density at radius 1 is 1.38 bits per heavy atom. The Hall–Kier alpha value is -3.65. The molecule has 0 saturated carbocycles. The van der Waals surface area contributed by atoms with Gasteiger partial charge in [-0.15, -0.1) is 15.3 Å². The Balaban J connectivity index is 1.51. The van der Waals surface area contributed by atoms with Crippen LogP contribution < -0.4 is 5.73 Å². The van der Waals surface area contributed by atoms with Gasteiger partial charge >= 0.3 is 5.91 Å². The lowest BCUT2D eigenvalue weighted by Gasteiger charge is -2.33. The van der Waals surface area contributed by atoms with Gasteiger partial charge in [-0.1, -0.05) is 27.6 Å². The zero-order valence-corrected chi connectivity index (χ0v) is 19.7. The minimum Gasteiger partial charge on any atom is -0.493 e. The number of carbonyl (C=O) groups is 1. The van der Waals surface area contributed by atoms with Gasteiger partial charge in [0.15, 0.2) is 11.4 Å². The number of nitrogens with zero attached hydrogens (tertiary/aromatic N) is 8. The molecule has 1 aliphatic heterocycles. The van der Waals surface area contributed by atoms with E-state index in [0.29, 0.717) is 29.2 Å². The minimum atomic E-state index is -0.718. The van der Waals surface area contributed by atoms with Crippen molar-refractivity contribution >= 4 is 44.2 Å². The quantitative estimate of drug-likeness (QED) is 0.327. The fourth-order valence-corrected chi connectivity index (χ4v) is 4.44. The number of H-pyrrole nitrogens is 1. The average Bonchev–Trinajstić information content (AvgIpc) is 3.50. The molecule has 14 heteroatoms. The Morgan fingerprint density at radius 2 is 2.24 bits per heavy atom. The number of amides is 1. The maximum absolute atomic E-state index is 13.1. The molecule has 1 aromatic carbocycles. The second kappa shape index (κ2) is 8.95. The molecule has 1 aliphatic rings. The number of nitrogens with one attached hydrogen (secondary N) is 1. The molecule has 176 valence electrons. The van der Waals surface area contributed by atoms with Gasteiger partial charge in [0.05, 0.1) is 11.2 Å². The Bertz CT molecular complexity index is 1390. The number of nitrogens with two attached hydrogens (primary N) is 1. The number of nitrogen functional groups attached to an aromatic ring is 1. The number of halogens is 1. The largest absolute Gasteiger partial charge is 0.493 e. The lowest BCUT2D eigenvalue weighted by molar-refractivity contribution is 0.0985. The number of hydrogen-bond acceptors (Lipinski definition) is 10. The first kappa shape index (κ1) is 22.2. The highest BCUT2D eigenvalue weighted by Gasteiger charge is 2.28. The monoisotopic (exact) mass is 528 g/mol. The first-order chi connectivity index (χ1) is 16.4. The number of piperidine rings is 1. The van der Waals surface area contributed by atoms with Crippen molar-refractivity contribution in [3.05, 3.63) is 34.1 Å². The summed E-state index contributed by atoms with van der Waals surface area (Å²) in [7, 11) is 0. The normalized spacial score (nSPS) is 17.2. The topological polar surface area (TPSA) is 177 Å². The summed E-state index contributed by atoms with van der Waals surface area (Å²) in [6.45, 7) is 3.38. The lowest BCUT2D eigenvalue weighted by Crippen LogP contribution is -2.37. The zero-order valence-electron chi connectivity index (χ0n) is 18.1. The van der Waals surface area contributed by atoms with Crippen LogP contribution in [0.15, 0.2) is 37.5 Å². The Kier molecular flexibility index (Phi) is 5.83. The minimum absolute atomic E-state index is 0.00411. The molecule has 34 heavy (non-hydrogen) atoms. The zero-order chi connectivity index (χ0) is 23.8. The van der Waals surface area contributed by atoms with Gasteiger partial charge < -0.3 is 15.8 Å². The number of anilines is 1. The average molecular weight is 529 g/mol. The smallest absolute Gasteiger partial charge is 0.317 e. The van der Waals surface area contributed by atoms with E-state index >= 15 is 0 Å².